The van der Waals surface area contributed by atoms with Crippen molar-refractivity contribution in [2.24, 2.45) is 0 Å². The molecule has 148 valence electrons. The zero-order valence-electron chi connectivity index (χ0n) is 15.9. The Morgan fingerprint density at radius 1 is 1.03 bits per heavy atom. The van der Waals surface area contributed by atoms with Crippen molar-refractivity contribution in [2.45, 2.75) is 13.2 Å². The van der Waals surface area contributed by atoms with Crippen molar-refractivity contribution < 1.29 is 23.5 Å². The van der Waals surface area contributed by atoms with Gasteiger partial charge in [-0.1, -0.05) is 24.3 Å². The van der Waals surface area contributed by atoms with E-state index in [1.54, 1.807) is 26.7 Å². The van der Waals surface area contributed by atoms with E-state index >= 15 is 0 Å². The molecule has 1 unspecified atom stereocenters. The van der Waals surface area contributed by atoms with Crippen LogP contribution in [0.2, 0.25) is 0 Å². The summed E-state index contributed by atoms with van der Waals surface area (Å²) in [6.45, 7) is 0.706. The van der Waals surface area contributed by atoms with E-state index in [4.69, 9.17) is 18.9 Å². The molecule has 0 fully saturated rings. The normalized spacial score (nSPS) is 11.8. The number of pyridine rings is 1. The molecule has 29 heavy (non-hydrogen) atoms. The Bertz CT molecular complexity index is 1190. The van der Waals surface area contributed by atoms with Gasteiger partial charge >= 0.3 is 8.25 Å². The highest BCUT2D eigenvalue weighted by Crippen LogP contribution is 2.36. The highest BCUT2D eigenvalue weighted by Gasteiger charge is 2.16. The van der Waals surface area contributed by atoms with E-state index < -0.39 is 8.25 Å². The number of hydrogen-bond acceptors (Lipinski definition) is 6. The smallest absolute Gasteiger partial charge is 0.493 e. The van der Waals surface area contributed by atoms with Gasteiger partial charge in [-0.25, -0.2) is 9.97 Å². The van der Waals surface area contributed by atoms with E-state index in [0.29, 0.717) is 23.6 Å². The van der Waals surface area contributed by atoms with Gasteiger partial charge in [-0.15, -0.1) is 9.42 Å². The molecule has 1 atom stereocenters. The van der Waals surface area contributed by atoms with Gasteiger partial charge in [0.15, 0.2) is 11.5 Å². The standard InChI is InChI=1S/C20H18N3O5P/c1-26-17-8-7-15-18(20(17)27-2)21-9-16-19(15)23(12-22-16)10-13-3-5-14(6-4-13)11-28-29(24)25/h3-9,12H,10-11H2,1-2H3/p+1. The average molecular weight is 412 g/mol. The minimum absolute atomic E-state index is 0.0952. The Kier molecular flexibility index (Phi) is 5.40. The Hall–Kier alpha value is -3.06. The van der Waals surface area contributed by atoms with Crippen LogP contribution >= 0.6 is 8.25 Å². The van der Waals surface area contributed by atoms with Crippen LogP contribution in [0.5, 0.6) is 11.5 Å². The number of rotatable bonds is 7. The van der Waals surface area contributed by atoms with E-state index in [2.05, 4.69) is 14.5 Å². The Balaban J connectivity index is 1.71. The van der Waals surface area contributed by atoms with Crippen molar-refractivity contribution in [3.8, 4) is 11.5 Å². The summed E-state index contributed by atoms with van der Waals surface area (Å²) >= 11 is 0. The van der Waals surface area contributed by atoms with E-state index in [-0.39, 0.29) is 6.61 Å². The van der Waals surface area contributed by atoms with Crippen molar-refractivity contribution >= 4 is 30.2 Å². The fourth-order valence-corrected chi connectivity index (χ4v) is 3.59. The van der Waals surface area contributed by atoms with Crippen molar-refractivity contribution in [3.63, 3.8) is 0 Å². The lowest BCUT2D eigenvalue weighted by Crippen LogP contribution is -2.00. The van der Waals surface area contributed by atoms with Crippen molar-refractivity contribution in [3.05, 3.63) is 60.0 Å². The molecule has 0 aliphatic carbocycles. The van der Waals surface area contributed by atoms with Crippen molar-refractivity contribution in [1.29, 1.82) is 0 Å². The maximum Gasteiger partial charge on any atom is 0.695 e. The third-order valence-electron chi connectivity index (χ3n) is 4.67. The second-order valence-corrected chi connectivity index (χ2v) is 7.12. The molecule has 0 saturated carbocycles. The lowest BCUT2D eigenvalue weighted by Gasteiger charge is -2.12. The molecule has 2 aromatic carbocycles. The van der Waals surface area contributed by atoms with Gasteiger partial charge in [0.1, 0.15) is 17.6 Å². The lowest BCUT2D eigenvalue weighted by molar-refractivity contribution is 0.272. The number of methoxy groups -OCH3 is 2. The van der Waals surface area contributed by atoms with E-state index in [0.717, 1.165) is 27.5 Å². The van der Waals surface area contributed by atoms with Crippen LogP contribution in [-0.4, -0.2) is 33.6 Å². The molecule has 0 aliphatic heterocycles. The number of imidazole rings is 1. The molecule has 4 aromatic rings. The van der Waals surface area contributed by atoms with Crippen LogP contribution in [0.4, 0.5) is 0 Å². The molecule has 2 heterocycles. The summed E-state index contributed by atoms with van der Waals surface area (Å²) in [4.78, 5) is 17.7. The maximum absolute atomic E-state index is 10.7. The molecule has 0 amide bonds. The van der Waals surface area contributed by atoms with Gasteiger partial charge in [0, 0.05) is 16.5 Å². The molecule has 2 aromatic heterocycles. The molecular formula is C20H19N3O5P+. The number of fused-ring (bicyclic) bond motifs is 3. The molecule has 4 rings (SSSR count). The predicted molar refractivity (Wildman–Crippen MR) is 108 cm³/mol. The Labute approximate surface area is 167 Å². The minimum Gasteiger partial charge on any atom is -0.493 e. The van der Waals surface area contributed by atoms with E-state index in [1.807, 2.05) is 36.4 Å². The number of nitrogens with zero attached hydrogens (tertiary/aromatic N) is 3. The van der Waals surface area contributed by atoms with Crippen molar-refractivity contribution in [2.75, 3.05) is 14.2 Å². The number of hydrogen-bond donors (Lipinski definition) is 1. The second kappa shape index (κ2) is 8.13. The number of ether oxygens (including phenoxy) is 2. The Morgan fingerprint density at radius 3 is 2.48 bits per heavy atom. The summed E-state index contributed by atoms with van der Waals surface area (Å²) in [6.07, 6.45) is 3.52. The van der Waals surface area contributed by atoms with E-state index in [1.165, 1.54) is 0 Å². The molecule has 0 spiro atoms. The highest BCUT2D eigenvalue weighted by molar-refractivity contribution is 7.32. The van der Waals surface area contributed by atoms with Crippen LogP contribution in [-0.2, 0) is 22.2 Å². The summed E-state index contributed by atoms with van der Waals surface area (Å²) in [6, 6.07) is 11.5. The SMILES string of the molecule is COc1ccc2c(ncc3ncn(Cc4ccc(CO[P+](=O)O)cc4)c32)c1OC. The first kappa shape index (κ1) is 19.3. The van der Waals surface area contributed by atoms with Crippen LogP contribution < -0.4 is 9.47 Å². The zero-order valence-corrected chi connectivity index (χ0v) is 16.8. The first-order valence-corrected chi connectivity index (χ1v) is 9.95. The summed E-state index contributed by atoms with van der Waals surface area (Å²) in [5.74, 6) is 1.21. The highest BCUT2D eigenvalue weighted by atomic mass is 31.1. The van der Waals surface area contributed by atoms with Crippen molar-refractivity contribution in [1.82, 2.24) is 14.5 Å². The number of aromatic nitrogens is 3. The predicted octanol–water partition coefficient (Wildman–Crippen LogP) is 3.82. The molecule has 9 heteroatoms. The average Bonchev–Trinajstić information content (AvgIpc) is 3.15. The monoisotopic (exact) mass is 412 g/mol. The third-order valence-corrected chi connectivity index (χ3v) is 5.02. The third kappa shape index (κ3) is 3.78. The molecule has 1 N–H and O–H groups in total. The minimum atomic E-state index is -2.60. The summed E-state index contributed by atoms with van der Waals surface area (Å²) in [5.41, 5.74) is 4.36. The molecule has 0 aliphatic rings. The van der Waals surface area contributed by atoms with Crippen LogP contribution in [0, 0.1) is 0 Å². The molecule has 0 bridgehead atoms. The first-order valence-electron chi connectivity index (χ1n) is 8.82. The summed E-state index contributed by atoms with van der Waals surface area (Å²) in [5, 5.41) is 0.925. The fraction of sp³-hybridized carbons (Fsp3) is 0.200. The van der Waals surface area contributed by atoms with Gasteiger partial charge in [0.05, 0.1) is 32.3 Å². The Morgan fingerprint density at radius 2 is 1.79 bits per heavy atom. The first-order chi connectivity index (χ1) is 14.1. The van der Waals surface area contributed by atoms with E-state index in [9.17, 15) is 4.57 Å². The molecule has 0 saturated heterocycles. The van der Waals surface area contributed by atoms with Gasteiger partial charge in [-0.3, -0.25) is 0 Å². The second-order valence-electron chi connectivity index (χ2n) is 6.39. The zero-order chi connectivity index (χ0) is 20.4. The maximum atomic E-state index is 10.7. The van der Waals surface area contributed by atoms with Crippen LogP contribution in [0.25, 0.3) is 21.9 Å². The van der Waals surface area contributed by atoms with Gasteiger partial charge < -0.3 is 14.0 Å². The lowest BCUT2D eigenvalue weighted by atomic mass is 10.1. The molecular weight excluding hydrogens is 393 g/mol. The number of benzene rings is 2. The van der Waals surface area contributed by atoms with Crippen LogP contribution in [0.3, 0.4) is 0 Å². The van der Waals surface area contributed by atoms with Crippen LogP contribution in [0.15, 0.2) is 48.9 Å². The largest absolute Gasteiger partial charge is 0.695 e. The summed E-state index contributed by atoms with van der Waals surface area (Å²) < 4.78 is 28.4. The summed E-state index contributed by atoms with van der Waals surface area (Å²) in [7, 11) is 0.596. The van der Waals surface area contributed by atoms with Gasteiger partial charge in [0.2, 0.25) is 0 Å². The quantitative estimate of drug-likeness (QED) is 0.461. The molecule has 0 radical (unpaired) electrons. The molecule has 8 nitrogen and oxygen atoms in total. The van der Waals surface area contributed by atoms with Gasteiger partial charge in [-0.2, -0.15) is 0 Å². The van der Waals surface area contributed by atoms with Crippen LogP contribution in [0.1, 0.15) is 11.1 Å². The topological polar surface area (TPSA) is 95.7 Å². The van der Waals surface area contributed by atoms with Gasteiger partial charge in [-0.05, 0) is 23.3 Å². The van der Waals surface area contributed by atoms with Gasteiger partial charge in [0.25, 0.3) is 0 Å². The fourth-order valence-electron chi connectivity index (χ4n) is 3.33.